The lowest BCUT2D eigenvalue weighted by Gasteiger charge is -2.40. The first-order valence-corrected chi connectivity index (χ1v) is 16.6. The van der Waals surface area contributed by atoms with E-state index in [4.69, 9.17) is 0 Å². The molecule has 2 aliphatic rings. The van der Waals surface area contributed by atoms with Crippen LogP contribution in [0.15, 0.2) is 114 Å². The molecule has 7 nitrogen and oxygen atoms in total. The molecular weight excluding hydrogens is 584 g/mol. The number of rotatable bonds is 7. The van der Waals surface area contributed by atoms with E-state index in [0.717, 1.165) is 49.3 Å². The second-order valence-electron chi connectivity index (χ2n) is 12.9. The Bertz CT molecular complexity index is 2000. The molecule has 47 heavy (non-hydrogen) atoms. The summed E-state index contributed by atoms with van der Waals surface area (Å²) in [4.78, 5) is 45.7. The van der Waals surface area contributed by atoms with Gasteiger partial charge in [-0.2, -0.15) is 0 Å². The van der Waals surface area contributed by atoms with Gasteiger partial charge in [-0.25, -0.2) is 0 Å². The van der Waals surface area contributed by atoms with E-state index in [1.54, 1.807) is 11.5 Å². The largest absolute Gasteiger partial charge is 0.345 e. The summed E-state index contributed by atoms with van der Waals surface area (Å²) in [6.45, 7) is 6.39. The lowest BCUT2D eigenvalue weighted by molar-refractivity contribution is -0.116. The number of fused-ring (bicyclic) bond motifs is 3. The van der Waals surface area contributed by atoms with Crippen LogP contribution < -0.4 is 15.8 Å². The fourth-order valence-corrected chi connectivity index (χ4v) is 7.68. The lowest BCUT2D eigenvalue weighted by atomic mass is 9.74. The Hall–Kier alpha value is -5.01. The smallest absolute Gasteiger partial charge is 0.263 e. The Morgan fingerprint density at radius 1 is 0.809 bits per heavy atom. The van der Waals surface area contributed by atoms with Gasteiger partial charge in [0, 0.05) is 47.6 Å². The molecule has 0 radical (unpaired) electrons. The molecule has 7 rings (SSSR count). The molecular formula is C40H40N4O3. The number of hydrogen-bond acceptors (Lipinski definition) is 4. The first-order valence-electron chi connectivity index (χ1n) is 16.6. The molecule has 5 aromatic rings. The summed E-state index contributed by atoms with van der Waals surface area (Å²) in [5, 5.41) is 4.50. The van der Waals surface area contributed by atoms with Gasteiger partial charge in [0.1, 0.15) is 0 Å². The van der Waals surface area contributed by atoms with Crippen molar-refractivity contribution in [3.63, 3.8) is 0 Å². The first-order chi connectivity index (χ1) is 22.9. The molecule has 3 heterocycles. The number of benzene rings is 4. The van der Waals surface area contributed by atoms with Gasteiger partial charge in [-0.1, -0.05) is 91.9 Å². The first kappa shape index (κ1) is 30.6. The van der Waals surface area contributed by atoms with Crippen molar-refractivity contribution in [2.45, 2.75) is 51.1 Å². The van der Waals surface area contributed by atoms with Crippen LogP contribution in [0.4, 0.5) is 5.69 Å². The monoisotopic (exact) mass is 624 g/mol. The highest BCUT2D eigenvalue weighted by molar-refractivity contribution is 6.08. The van der Waals surface area contributed by atoms with Gasteiger partial charge in [0.15, 0.2) is 0 Å². The van der Waals surface area contributed by atoms with E-state index in [1.165, 1.54) is 5.56 Å². The molecule has 0 bridgehead atoms. The molecule has 0 unspecified atom stereocenters. The number of para-hydroxylation sites is 2. The van der Waals surface area contributed by atoms with E-state index in [9.17, 15) is 14.4 Å². The van der Waals surface area contributed by atoms with Crippen molar-refractivity contribution in [2.75, 3.05) is 24.5 Å². The molecule has 7 heteroatoms. The second-order valence-corrected chi connectivity index (χ2v) is 12.9. The van der Waals surface area contributed by atoms with Gasteiger partial charge in [-0.05, 0) is 67.7 Å². The zero-order valence-electron chi connectivity index (χ0n) is 27.0. The van der Waals surface area contributed by atoms with Gasteiger partial charge in [0.25, 0.3) is 11.5 Å². The molecule has 1 aromatic heterocycles. The van der Waals surface area contributed by atoms with Crippen LogP contribution in [0, 0.1) is 0 Å². The van der Waals surface area contributed by atoms with Crippen LogP contribution in [-0.4, -0.2) is 40.9 Å². The van der Waals surface area contributed by atoms with Crippen LogP contribution in [-0.2, 0) is 16.8 Å². The van der Waals surface area contributed by atoms with E-state index in [1.807, 2.05) is 95.9 Å². The summed E-state index contributed by atoms with van der Waals surface area (Å²) >= 11 is 0. The van der Waals surface area contributed by atoms with Crippen molar-refractivity contribution in [3.05, 3.63) is 142 Å². The highest BCUT2D eigenvalue weighted by Crippen LogP contribution is 2.47. The van der Waals surface area contributed by atoms with Crippen molar-refractivity contribution in [3.8, 4) is 5.69 Å². The van der Waals surface area contributed by atoms with E-state index >= 15 is 0 Å². The second kappa shape index (κ2) is 12.6. The molecule has 1 N–H and O–H groups in total. The number of piperidine rings is 1. The molecule has 1 fully saturated rings. The minimum atomic E-state index is -0.188. The van der Waals surface area contributed by atoms with Crippen molar-refractivity contribution in [2.24, 2.45) is 0 Å². The predicted octanol–water partition coefficient (Wildman–Crippen LogP) is 6.77. The van der Waals surface area contributed by atoms with Gasteiger partial charge in [0.05, 0.1) is 17.3 Å². The third kappa shape index (κ3) is 5.55. The SMILES string of the molecule is CC[C@H](NC(=O)c1c(CN2CCC3(CC2)CN(C(C)=O)c2ccccc23)n(-c2ccccc2)c(=O)c2ccccc12)c1ccccc1. The number of aromatic nitrogens is 1. The van der Waals surface area contributed by atoms with Crippen molar-refractivity contribution in [1.82, 2.24) is 14.8 Å². The van der Waals surface area contributed by atoms with Gasteiger partial charge in [-0.3, -0.25) is 23.9 Å². The molecule has 1 spiro atoms. The van der Waals surface area contributed by atoms with Gasteiger partial charge < -0.3 is 10.2 Å². The Kier molecular flexibility index (Phi) is 8.24. The molecule has 0 aliphatic carbocycles. The number of pyridine rings is 1. The lowest BCUT2D eigenvalue weighted by Crippen LogP contribution is -2.46. The summed E-state index contributed by atoms with van der Waals surface area (Å²) in [7, 11) is 0. The average molecular weight is 625 g/mol. The van der Waals surface area contributed by atoms with Crippen LogP contribution >= 0.6 is 0 Å². The minimum absolute atomic E-state index is 0.0661. The number of likely N-dealkylation sites (tertiary alicyclic amines) is 1. The summed E-state index contributed by atoms with van der Waals surface area (Å²) in [6, 6.07) is 35.2. The molecule has 4 aromatic carbocycles. The number of anilines is 1. The van der Waals surface area contributed by atoms with E-state index < -0.39 is 0 Å². The average Bonchev–Trinajstić information content (AvgIpc) is 3.43. The molecule has 1 saturated heterocycles. The Morgan fingerprint density at radius 2 is 1.43 bits per heavy atom. The standard InChI is InChI=1S/C40H40N4O3/c1-3-34(29-14-6-4-7-15-29)41-38(46)37-31-18-10-11-19-32(31)39(47)44(30-16-8-5-9-17-30)36(37)26-42-24-22-40(23-25-42)27-43(28(2)45)35-21-13-12-20-33(35)40/h4-21,34H,3,22-27H2,1-2H3,(H,41,46)/t34-/m0/s1. The van der Waals surface area contributed by atoms with Gasteiger partial charge in [-0.15, -0.1) is 0 Å². The van der Waals surface area contributed by atoms with E-state index in [0.29, 0.717) is 35.1 Å². The fourth-order valence-electron chi connectivity index (χ4n) is 7.68. The highest BCUT2D eigenvalue weighted by Gasteiger charge is 2.45. The van der Waals surface area contributed by atoms with E-state index in [2.05, 4.69) is 35.3 Å². The predicted molar refractivity (Wildman–Crippen MR) is 187 cm³/mol. The Labute approximate surface area is 275 Å². The molecule has 0 saturated carbocycles. The molecule has 2 aliphatic heterocycles. The molecule has 1 atom stereocenters. The Balaban J connectivity index is 1.29. The summed E-state index contributed by atoms with van der Waals surface area (Å²) in [6.07, 6.45) is 2.49. The number of nitrogens with zero attached hydrogens (tertiary/aromatic N) is 3. The van der Waals surface area contributed by atoms with Gasteiger partial charge in [0.2, 0.25) is 5.91 Å². The number of nitrogens with one attached hydrogen (secondary N) is 1. The maximum atomic E-state index is 14.5. The summed E-state index contributed by atoms with van der Waals surface area (Å²) < 4.78 is 1.74. The zero-order chi connectivity index (χ0) is 32.5. The van der Waals surface area contributed by atoms with Crippen LogP contribution in [0.2, 0.25) is 0 Å². The Morgan fingerprint density at radius 3 is 2.11 bits per heavy atom. The number of amides is 2. The molecule has 238 valence electrons. The van der Waals surface area contributed by atoms with Gasteiger partial charge >= 0.3 is 0 Å². The third-order valence-electron chi connectivity index (χ3n) is 10.1. The number of carbonyl (C=O) groups is 2. The zero-order valence-corrected chi connectivity index (χ0v) is 27.0. The third-order valence-corrected chi connectivity index (χ3v) is 10.1. The summed E-state index contributed by atoms with van der Waals surface area (Å²) in [5.74, 6) is -0.122. The number of carbonyl (C=O) groups excluding carboxylic acids is 2. The van der Waals surface area contributed by atoms with Crippen LogP contribution in [0.1, 0.15) is 66.3 Å². The highest BCUT2D eigenvalue weighted by atomic mass is 16.2. The van der Waals surface area contributed by atoms with Crippen LogP contribution in [0.5, 0.6) is 0 Å². The quantitative estimate of drug-likeness (QED) is 0.217. The maximum absolute atomic E-state index is 14.5. The van der Waals surface area contributed by atoms with Crippen molar-refractivity contribution < 1.29 is 9.59 Å². The van der Waals surface area contributed by atoms with Crippen molar-refractivity contribution >= 4 is 28.3 Å². The van der Waals surface area contributed by atoms with Crippen LogP contribution in [0.25, 0.3) is 16.5 Å². The van der Waals surface area contributed by atoms with E-state index in [-0.39, 0.29) is 28.8 Å². The fraction of sp³-hybridized carbons (Fsp3) is 0.275. The van der Waals surface area contributed by atoms with Crippen LogP contribution in [0.3, 0.4) is 0 Å². The summed E-state index contributed by atoms with van der Waals surface area (Å²) in [5.41, 5.74) is 5.02. The normalized spacial score (nSPS) is 16.3. The maximum Gasteiger partial charge on any atom is 0.263 e. The molecule has 2 amide bonds. The van der Waals surface area contributed by atoms with Crippen molar-refractivity contribution in [1.29, 1.82) is 0 Å². The topological polar surface area (TPSA) is 74.7 Å². The number of hydrogen-bond donors (Lipinski definition) is 1. The minimum Gasteiger partial charge on any atom is -0.345 e.